The van der Waals surface area contributed by atoms with Crippen LogP contribution in [-0.4, -0.2) is 74.4 Å². The minimum absolute atomic E-state index is 0.00743. The number of rotatable bonds is 10. The summed E-state index contributed by atoms with van der Waals surface area (Å²) in [6.45, 7) is 0.510. The lowest BCUT2D eigenvalue weighted by Gasteiger charge is -2.44. The number of hydrogen-bond acceptors (Lipinski definition) is 10. The van der Waals surface area contributed by atoms with Crippen LogP contribution in [0.15, 0.2) is 24.5 Å². The highest BCUT2D eigenvalue weighted by Crippen LogP contribution is 2.31. The lowest BCUT2D eigenvalue weighted by atomic mass is 9.84. The van der Waals surface area contributed by atoms with Gasteiger partial charge in [0, 0.05) is 44.0 Å². The maximum absolute atomic E-state index is 12.5. The number of aromatic nitrogens is 3. The zero-order valence-corrected chi connectivity index (χ0v) is 19.4. The second kappa shape index (κ2) is 11.2. The van der Waals surface area contributed by atoms with Gasteiger partial charge in [0.05, 0.1) is 11.0 Å². The molecule has 2 aliphatic rings. The van der Waals surface area contributed by atoms with Crippen LogP contribution in [0.5, 0.6) is 5.88 Å². The lowest BCUT2D eigenvalue weighted by molar-refractivity contribution is -0.384. The van der Waals surface area contributed by atoms with Crippen LogP contribution < -0.4 is 15.4 Å². The first-order valence-electron chi connectivity index (χ1n) is 11.7. The minimum Gasteiger partial charge on any atom is -0.468 e. The number of hydrogen-bond donors (Lipinski definition) is 3. The van der Waals surface area contributed by atoms with Gasteiger partial charge in [-0.25, -0.2) is 9.97 Å². The van der Waals surface area contributed by atoms with E-state index in [1.165, 1.54) is 6.20 Å². The maximum atomic E-state index is 12.5. The highest BCUT2D eigenvalue weighted by Gasteiger charge is 2.33. The summed E-state index contributed by atoms with van der Waals surface area (Å²) in [5.41, 5.74) is 0.0871. The first-order valence-corrected chi connectivity index (χ1v) is 11.7. The zero-order valence-electron chi connectivity index (χ0n) is 19.4. The van der Waals surface area contributed by atoms with Gasteiger partial charge in [0.1, 0.15) is 6.20 Å². The van der Waals surface area contributed by atoms with Gasteiger partial charge in [0.25, 0.3) is 0 Å². The molecule has 2 aromatic heterocycles. The summed E-state index contributed by atoms with van der Waals surface area (Å²) in [5.74, 6) is 0.312. The Morgan fingerprint density at radius 3 is 2.61 bits per heavy atom. The van der Waals surface area contributed by atoms with Crippen LogP contribution in [0.3, 0.4) is 0 Å². The molecule has 2 fully saturated rings. The fraction of sp³-hybridized carbons (Fsp3) is 0.591. The first kappa shape index (κ1) is 25.8. The third-order valence-corrected chi connectivity index (χ3v) is 6.41. The molecule has 14 heteroatoms. The third-order valence-electron chi connectivity index (χ3n) is 6.41. The number of aliphatic hydroxyl groups is 1. The van der Waals surface area contributed by atoms with E-state index in [1.54, 1.807) is 12.1 Å². The number of pyridine rings is 1. The number of nitrogens with zero attached hydrogens (tertiary/aromatic N) is 5. The van der Waals surface area contributed by atoms with Crippen LogP contribution in [-0.2, 0) is 6.54 Å². The second-order valence-corrected chi connectivity index (χ2v) is 9.07. The van der Waals surface area contributed by atoms with Gasteiger partial charge < -0.3 is 20.5 Å². The number of likely N-dealkylation sites (tertiary alicyclic amines) is 1. The molecule has 1 aliphatic carbocycles. The van der Waals surface area contributed by atoms with Crippen LogP contribution in [0.1, 0.15) is 31.2 Å². The van der Waals surface area contributed by atoms with Gasteiger partial charge in [0.15, 0.2) is 6.61 Å². The number of anilines is 2. The van der Waals surface area contributed by atoms with Gasteiger partial charge >= 0.3 is 11.9 Å². The zero-order chi connectivity index (χ0) is 25.7. The molecule has 36 heavy (non-hydrogen) atoms. The van der Waals surface area contributed by atoms with Crippen molar-refractivity contribution in [3.8, 4) is 5.88 Å². The molecule has 3 heterocycles. The van der Waals surface area contributed by atoms with Crippen molar-refractivity contribution in [1.29, 1.82) is 0 Å². The average molecular weight is 512 g/mol. The smallest absolute Gasteiger partial charge is 0.422 e. The SMILES string of the molecule is O=[N+]([O-])c1cnc(NCc2cccnc2OCC(F)(F)F)nc1NC[C@H]1CC[C@H](N2CC(O)C2)CC1. The average Bonchev–Trinajstić information content (AvgIpc) is 2.83. The van der Waals surface area contributed by atoms with Gasteiger partial charge in [-0.15, -0.1) is 0 Å². The second-order valence-electron chi connectivity index (χ2n) is 9.07. The van der Waals surface area contributed by atoms with Gasteiger partial charge in [0.2, 0.25) is 17.6 Å². The van der Waals surface area contributed by atoms with Crippen LogP contribution in [0.2, 0.25) is 0 Å². The molecule has 0 aromatic carbocycles. The molecule has 1 saturated carbocycles. The van der Waals surface area contributed by atoms with E-state index in [4.69, 9.17) is 4.74 Å². The molecular weight excluding hydrogens is 483 g/mol. The molecule has 3 N–H and O–H groups in total. The van der Waals surface area contributed by atoms with E-state index in [0.717, 1.165) is 45.0 Å². The van der Waals surface area contributed by atoms with E-state index in [9.17, 15) is 28.4 Å². The largest absolute Gasteiger partial charge is 0.468 e. The van der Waals surface area contributed by atoms with Crippen molar-refractivity contribution in [3.63, 3.8) is 0 Å². The monoisotopic (exact) mass is 511 g/mol. The number of halogens is 3. The number of nitrogens with one attached hydrogen (secondary N) is 2. The quantitative estimate of drug-likeness (QED) is 0.322. The summed E-state index contributed by atoms with van der Waals surface area (Å²) >= 11 is 0. The summed E-state index contributed by atoms with van der Waals surface area (Å²) in [6.07, 6.45) is 1.66. The maximum Gasteiger partial charge on any atom is 0.422 e. The summed E-state index contributed by atoms with van der Waals surface area (Å²) in [7, 11) is 0. The molecular formula is C22H28F3N7O4. The van der Waals surface area contributed by atoms with E-state index >= 15 is 0 Å². The standard InChI is InChI=1S/C22H28F3N7O4/c23-22(24,25)13-36-20-15(2-1-7-26-20)9-28-21-29-10-18(32(34)35)19(30-21)27-8-14-3-5-16(6-4-14)31-11-17(33)12-31/h1-2,7,10,14,16-17,33H,3-6,8-9,11-13H2,(H2,27,28,29,30)/t14-,16-. The van der Waals surface area contributed by atoms with Crippen LogP contribution >= 0.6 is 0 Å². The molecule has 4 rings (SSSR count). The first-order chi connectivity index (χ1) is 17.2. The van der Waals surface area contributed by atoms with Crippen molar-refractivity contribution < 1.29 is 27.9 Å². The summed E-state index contributed by atoms with van der Waals surface area (Å²) in [4.78, 5) is 25.2. The van der Waals surface area contributed by atoms with Gasteiger partial charge in [-0.05, 0) is 37.7 Å². The predicted molar refractivity (Wildman–Crippen MR) is 124 cm³/mol. The highest BCUT2D eigenvalue weighted by atomic mass is 19.4. The van der Waals surface area contributed by atoms with E-state index in [2.05, 4.69) is 30.5 Å². The molecule has 1 saturated heterocycles. The number of alkyl halides is 3. The van der Waals surface area contributed by atoms with Gasteiger partial charge in [-0.1, -0.05) is 6.07 Å². The number of nitro groups is 1. The molecule has 0 amide bonds. The van der Waals surface area contributed by atoms with Gasteiger partial charge in [-0.3, -0.25) is 15.0 Å². The van der Waals surface area contributed by atoms with Crippen molar-refractivity contribution in [2.24, 2.45) is 5.92 Å². The van der Waals surface area contributed by atoms with E-state index < -0.39 is 17.7 Å². The van der Waals surface area contributed by atoms with Crippen LogP contribution in [0, 0.1) is 16.0 Å². The summed E-state index contributed by atoms with van der Waals surface area (Å²) < 4.78 is 42.3. The van der Waals surface area contributed by atoms with Crippen molar-refractivity contribution in [3.05, 3.63) is 40.2 Å². The molecule has 0 radical (unpaired) electrons. The fourth-order valence-electron chi connectivity index (χ4n) is 4.48. The molecule has 0 unspecified atom stereocenters. The predicted octanol–water partition coefficient (Wildman–Crippen LogP) is 2.98. The Hall–Kier alpha value is -3.26. The number of aliphatic hydroxyl groups excluding tert-OH is 1. The molecule has 11 nitrogen and oxygen atoms in total. The molecule has 0 spiro atoms. The Morgan fingerprint density at radius 2 is 1.94 bits per heavy atom. The molecule has 1 aliphatic heterocycles. The Balaban J connectivity index is 1.34. The fourth-order valence-corrected chi connectivity index (χ4v) is 4.48. The molecule has 196 valence electrons. The van der Waals surface area contributed by atoms with Crippen LogP contribution in [0.4, 0.5) is 30.6 Å². The minimum atomic E-state index is -4.50. The molecule has 0 atom stereocenters. The van der Waals surface area contributed by atoms with Crippen molar-refractivity contribution in [1.82, 2.24) is 19.9 Å². The highest BCUT2D eigenvalue weighted by molar-refractivity contribution is 5.57. The molecule has 0 bridgehead atoms. The Labute approximate surface area is 205 Å². The molecule has 2 aromatic rings. The Morgan fingerprint density at radius 1 is 1.19 bits per heavy atom. The van der Waals surface area contributed by atoms with E-state index in [-0.39, 0.29) is 36.0 Å². The summed E-state index contributed by atoms with van der Waals surface area (Å²) in [6, 6.07) is 3.58. The Bertz CT molecular complexity index is 1040. The summed E-state index contributed by atoms with van der Waals surface area (Å²) in [5, 5.41) is 26.9. The number of ether oxygens (including phenoxy) is 1. The van der Waals surface area contributed by atoms with Crippen molar-refractivity contribution in [2.45, 2.75) is 50.6 Å². The lowest BCUT2D eigenvalue weighted by Crippen LogP contribution is -2.56. The van der Waals surface area contributed by atoms with Crippen molar-refractivity contribution in [2.75, 3.05) is 36.9 Å². The topological polar surface area (TPSA) is 139 Å². The van der Waals surface area contributed by atoms with E-state index in [1.807, 2.05) is 0 Å². The Kier molecular flexibility index (Phi) is 8.04. The van der Waals surface area contributed by atoms with E-state index in [0.29, 0.717) is 24.1 Å². The van der Waals surface area contributed by atoms with Crippen LogP contribution in [0.25, 0.3) is 0 Å². The normalized spacial score (nSPS) is 21.0. The van der Waals surface area contributed by atoms with Gasteiger partial charge in [-0.2, -0.15) is 18.2 Å². The number of β-amino-alcohol motifs (C(OH)–C–C–N with tert-alkyl or cyclic N) is 1. The van der Waals surface area contributed by atoms with Crippen molar-refractivity contribution >= 4 is 17.5 Å². The third kappa shape index (κ3) is 6.91.